The number of carboxylic acid groups (broad SMARTS) is 2. The van der Waals surface area contributed by atoms with E-state index in [0.29, 0.717) is 0 Å². The van der Waals surface area contributed by atoms with Crippen molar-refractivity contribution in [2.24, 2.45) is 11.8 Å². The summed E-state index contributed by atoms with van der Waals surface area (Å²) in [4.78, 5) is 20.7. The molecule has 0 spiro atoms. The maximum absolute atomic E-state index is 10.3. The molecule has 0 aliphatic carbocycles. The molecule has 0 radical (unpaired) electrons. The zero-order valence-electron chi connectivity index (χ0n) is 6.89. The summed E-state index contributed by atoms with van der Waals surface area (Å²) in [6.07, 6.45) is -1.35. The van der Waals surface area contributed by atoms with Crippen LogP contribution in [0.4, 0.5) is 0 Å². The van der Waals surface area contributed by atoms with E-state index < -0.39 is 24.0 Å². The standard InChI is InChI=1S/C7H12O5/c1-3(2)5(8)4(6(9)10)7(11)12/h3-5,8H,1-2H3,(H,9,10)(H,11,12). The molecule has 0 saturated heterocycles. The quantitative estimate of drug-likeness (QED) is 0.515. The summed E-state index contributed by atoms with van der Waals surface area (Å²) in [5, 5.41) is 26.0. The molecular weight excluding hydrogens is 164 g/mol. The van der Waals surface area contributed by atoms with E-state index in [0.717, 1.165) is 0 Å². The molecule has 5 heteroatoms. The number of hydrogen-bond acceptors (Lipinski definition) is 3. The van der Waals surface area contributed by atoms with Crippen LogP contribution in [0.25, 0.3) is 0 Å². The van der Waals surface area contributed by atoms with Gasteiger partial charge in [0, 0.05) is 0 Å². The van der Waals surface area contributed by atoms with Gasteiger partial charge in [0.15, 0.2) is 5.92 Å². The highest BCUT2D eigenvalue weighted by molar-refractivity contribution is 5.93. The van der Waals surface area contributed by atoms with Gasteiger partial charge >= 0.3 is 11.9 Å². The average Bonchev–Trinajstić information content (AvgIpc) is 1.85. The van der Waals surface area contributed by atoms with Crippen molar-refractivity contribution in [3.05, 3.63) is 0 Å². The van der Waals surface area contributed by atoms with Crippen LogP contribution in [0.3, 0.4) is 0 Å². The largest absolute Gasteiger partial charge is 0.481 e. The van der Waals surface area contributed by atoms with Crippen LogP contribution in [-0.4, -0.2) is 33.4 Å². The molecule has 0 aromatic heterocycles. The lowest BCUT2D eigenvalue weighted by atomic mass is 9.93. The second-order valence-corrected chi connectivity index (χ2v) is 2.89. The minimum Gasteiger partial charge on any atom is -0.481 e. The predicted octanol–water partition coefficient (Wildman–Crippen LogP) is -0.211. The molecule has 0 rings (SSSR count). The summed E-state index contributed by atoms with van der Waals surface area (Å²) in [6, 6.07) is 0. The summed E-state index contributed by atoms with van der Waals surface area (Å²) in [6.45, 7) is 3.12. The number of carboxylic acids is 2. The molecule has 0 aliphatic rings. The lowest BCUT2D eigenvalue weighted by Crippen LogP contribution is -2.38. The molecule has 0 amide bonds. The first kappa shape index (κ1) is 10.9. The average molecular weight is 176 g/mol. The summed E-state index contributed by atoms with van der Waals surface area (Å²) in [7, 11) is 0. The predicted molar refractivity (Wildman–Crippen MR) is 39.6 cm³/mol. The van der Waals surface area contributed by atoms with E-state index in [1.807, 2.05) is 0 Å². The first-order valence-corrected chi connectivity index (χ1v) is 3.51. The molecule has 12 heavy (non-hydrogen) atoms. The Balaban J connectivity index is 4.52. The van der Waals surface area contributed by atoms with Crippen molar-refractivity contribution >= 4 is 11.9 Å². The molecule has 0 fully saturated rings. The Morgan fingerprint density at radius 1 is 1.08 bits per heavy atom. The van der Waals surface area contributed by atoms with Gasteiger partial charge in [-0.25, -0.2) is 0 Å². The Kier molecular flexibility index (Phi) is 3.69. The Bertz CT molecular complexity index is 172. The van der Waals surface area contributed by atoms with Crippen molar-refractivity contribution in [2.75, 3.05) is 0 Å². The van der Waals surface area contributed by atoms with Crippen LogP contribution in [0.2, 0.25) is 0 Å². The van der Waals surface area contributed by atoms with Gasteiger partial charge in [0.2, 0.25) is 0 Å². The van der Waals surface area contributed by atoms with E-state index in [9.17, 15) is 9.59 Å². The Hall–Kier alpha value is -1.10. The van der Waals surface area contributed by atoms with Gasteiger partial charge in [-0.2, -0.15) is 0 Å². The second kappa shape index (κ2) is 4.06. The maximum atomic E-state index is 10.3. The molecule has 0 bridgehead atoms. The molecule has 0 saturated carbocycles. The van der Waals surface area contributed by atoms with Crippen LogP contribution in [0.15, 0.2) is 0 Å². The molecule has 70 valence electrons. The molecule has 1 unspecified atom stereocenters. The summed E-state index contributed by atoms with van der Waals surface area (Å²) >= 11 is 0. The third kappa shape index (κ3) is 2.50. The van der Waals surface area contributed by atoms with E-state index in [-0.39, 0.29) is 5.92 Å². The SMILES string of the molecule is CC(C)C(O)C(C(=O)O)C(=O)O. The topological polar surface area (TPSA) is 94.8 Å². The first-order chi connectivity index (χ1) is 5.37. The van der Waals surface area contributed by atoms with Crippen LogP contribution in [0, 0.1) is 11.8 Å². The fourth-order valence-electron chi connectivity index (χ4n) is 0.783. The van der Waals surface area contributed by atoms with Gasteiger partial charge in [0.25, 0.3) is 0 Å². The maximum Gasteiger partial charge on any atom is 0.320 e. The van der Waals surface area contributed by atoms with Gasteiger partial charge in [-0.1, -0.05) is 13.8 Å². The zero-order valence-corrected chi connectivity index (χ0v) is 6.89. The highest BCUT2D eigenvalue weighted by atomic mass is 16.4. The minimum absolute atomic E-state index is 0.387. The fraction of sp³-hybridized carbons (Fsp3) is 0.714. The molecule has 0 aliphatic heterocycles. The van der Waals surface area contributed by atoms with Crippen molar-refractivity contribution < 1.29 is 24.9 Å². The third-order valence-corrected chi connectivity index (χ3v) is 1.56. The summed E-state index contributed by atoms with van der Waals surface area (Å²) in [5.74, 6) is -5.14. The molecule has 0 heterocycles. The van der Waals surface area contributed by atoms with Gasteiger partial charge in [-0.15, -0.1) is 0 Å². The fourth-order valence-corrected chi connectivity index (χ4v) is 0.783. The summed E-state index contributed by atoms with van der Waals surface area (Å²) < 4.78 is 0. The van der Waals surface area contributed by atoms with Gasteiger partial charge in [-0.05, 0) is 5.92 Å². The van der Waals surface area contributed by atoms with Gasteiger partial charge in [0.05, 0.1) is 6.10 Å². The molecular formula is C7H12O5. The normalized spacial score (nSPS) is 13.4. The first-order valence-electron chi connectivity index (χ1n) is 3.51. The smallest absolute Gasteiger partial charge is 0.320 e. The van der Waals surface area contributed by atoms with E-state index in [1.165, 1.54) is 0 Å². The van der Waals surface area contributed by atoms with Crippen LogP contribution < -0.4 is 0 Å². The van der Waals surface area contributed by atoms with E-state index in [4.69, 9.17) is 15.3 Å². The highest BCUT2D eigenvalue weighted by Crippen LogP contribution is 2.13. The minimum atomic E-state index is -1.73. The number of carbonyl (C=O) groups is 2. The van der Waals surface area contributed by atoms with E-state index in [2.05, 4.69) is 0 Å². The summed E-state index contributed by atoms with van der Waals surface area (Å²) in [5.41, 5.74) is 0. The third-order valence-electron chi connectivity index (χ3n) is 1.56. The molecule has 0 aromatic carbocycles. The van der Waals surface area contributed by atoms with Crippen molar-refractivity contribution in [2.45, 2.75) is 20.0 Å². The van der Waals surface area contributed by atoms with Crippen LogP contribution in [-0.2, 0) is 9.59 Å². The van der Waals surface area contributed by atoms with Crippen LogP contribution >= 0.6 is 0 Å². The molecule has 1 atom stereocenters. The molecule has 0 aromatic rings. The number of hydrogen-bond donors (Lipinski definition) is 3. The van der Waals surface area contributed by atoms with Gasteiger partial charge in [-0.3, -0.25) is 9.59 Å². The van der Waals surface area contributed by atoms with Crippen molar-refractivity contribution in [1.29, 1.82) is 0 Å². The van der Waals surface area contributed by atoms with Crippen LogP contribution in [0.1, 0.15) is 13.8 Å². The Morgan fingerprint density at radius 2 is 1.42 bits per heavy atom. The van der Waals surface area contributed by atoms with Crippen molar-refractivity contribution in [3.63, 3.8) is 0 Å². The Morgan fingerprint density at radius 3 is 1.50 bits per heavy atom. The van der Waals surface area contributed by atoms with E-state index >= 15 is 0 Å². The lowest BCUT2D eigenvalue weighted by Gasteiger charge is -2.18. The van der Waals surface area contributed by atoms with Crippen molar-refractivity contribution in [1.82, 2.24) is 0 Å². The van der Waals surface area contributed by atoms with Crippen molar-refractivity contribution in [3.8, 4) is 0 Å². The van der Waals surface area contributed by atoms with Gasteiger partial charge in [0.1, 0.15) is 0 Å². The van der Waals surface area contributed by atoms with Gasteiger partial charge < -0.3 is 15.3 Å². The lowest BCUT2D eigenvalue weighted by molar-refractivity contribution is -0.161. The number of aliphatic hydroxyl groups is 1. The zero-order chi connectivity index (χ0) is 9.89. The highest BCUT2D eigenvalue weighted by Gasteiger charge is 2.35. The van der Waals surface area contributed by atoms with E-state index in [1.54, 1.807) is 13.8 Å². The Labute approximate surface area is 69.6 Å². The number of aliphatic carboxylic acids is 2. The number of aliphatic hydroxyl groups excluding tert-OH is 1. The second-order valence-electron chi connectivity index (χ2n) is 2.89. The monoisotopic (exact) mass is 176 g/mol. The van der Waals surface area contributed by atoms with Crippen LogP contribution in [0.5, 0.6) is 0 Å². The molecule has 3 N–H and O–H groups in total. The molecule has 5 nitrogen and oxygen atoms in total. The number of rotatable bonds is 4.